The Morgan fingerprint density at radius 1 is 1.21 bits per heavy atom. The van der Waals surface area contributed by atoms with Gasteiger partial charge in [-0.3, -0.25) is 4.55 Å². The van der Waals surface area contributed by atoms with Gasteiger partial charge in [0.2, 0.25) is 0 Å². The van der Waals surface area contributed by atoms with Crippen molar-refractivity contribution in [2.24, 2.45) is 0 Å². The molecule has 1 radical (unpaired) electrons. The van der Waals surface area contributed by atoms with E-state index in [1.807, 2.05) is 0 Å². The zero-order chi connectivity index (χ0) is 9.35. The van der Waals surface area contributed by atoms with Crippen molar-refractivity contribution in [1.29, 1.82) is 0 Å². The van der Waals surface area contributed by atoms with E-state index in [2.05, 4.69) is 0 Å². The van der Waals surface area contributed by atoms with Crippen molar-refractivity contribution in [3.63, 3.8) is 0 Å². The Balaban J connectivity index is 0. The van der Waals surface area contributed by atoms with Crippen LogP contribution in [0.1, 0.15) is 11.1 Å². The molecule has 0 aliphatic heterocycles. The van der Waals surface area contributed by atoms with Crippen LogP contribution >= 0.6 is 0 Å². The molecule has 1 aromatic rings. The summed E-state index contributed by atoms with van der Waals surface area (Å²) in [7, 11) is -4.06. The quantitative estimate of drug-likeness (QED) is 0.574. The van der Waals surface area contributed by atoms with Gasteiger partial charge in [0.25, 0.3) is 10.1 Å². The number of aryl methyl sites for hydroxylation is 1. The third kappa shape index (κ3) is 4.07. The Labute approximate surface area is 127 Å². The van der Waals surface area contributed by atoms with Gasteiger partial charge in [-0.15, -0.1) is 0 Å². The maximum absolute atomic E-state index is 10.8. The standard InChI is InChI=1S/C8H10O3S.K.H3N/c1-6-4-3-5-8(7(6)2)12(9,10)11;;/h3-5H,1-2H3,(H,9,10,11);;1H3. The van der Waals surface area contributed by atoms with Crippen LogP contribution in [0.15, 0.2) is 23.1 Å². The van der Waals surface area contributed by atoms with Crippen LogP contribution in [0.25, 0.3) is 0 Å². The van der Waals surface area contributed by atoms with Crippen LogP contribution in [0.2, 0.25) is 0 Å². The Bertz CT molecular complexity index is 403. The fourth-order valence-corrected chi connectivity index (χ4v) is 1.80. The first-order valence-corrected chi connectivity index (χ1v) is 4.90. The van der Waals surface area contributed by atoms with Gasteiger partial charge in [-0.25, -0.2) is 0 Å². The first-order chi connectivity index (χ1) is 5.43. The Morgan fingerprint density at radius 2 is 1.71 bits per heavy atom. The fourth-order valence-electron chi connectivity index (χ4n) is 1.00. The van der Waals surface area contributed by atoms with Gasteiger partial charge in [0.15, 0.2) is 0 Å². The molecule has 0 fully saturated rings. The first kappa shape index (κ1) is 17.1. The molecule has 0 amide bonds. The molecule has 0 atom stereocenters. The molecule has 14 heavy (non-hydrogen) atoms. The maximum Gasteiger partial charge on any atom is 0.294 e. The van der Waals surface area contributed by atoms with Crippen LogP contribution < -0.4 is 6.15 Å². The molecule has 0 spiro atoms. The van der Waals surface area contributed by atoms with Crippen molar-refractivity contribution in [3.05, 3.63) is 29.3 Å². The smallest absolute Gasteiger partial charge is 0.294 e. The summed E-state index contributed by atoms with van der Waals surface area (Å²) >= 11 is 0. The number of hydrogen-bond donors (Lipinski definition) is 2. The molecule has 4 N–H and O–H groups in total. The predicted molar refractivity (Wildman–Crippen MR) is 56.5 cm³/mol. The molecule has 6 heteroatoms. The summed E-state index contributed by atoms with van der Waals surface area (Å²) in [4.78, 5) is -0.0116. The van der Waals surface area contributed by atoms with Crippen molar-refractivity contribution in [2.75, 3.05) is 0 Å². The first-order valence-electron chi connectivity index (χ1n) is 3.46. The van der Waals surface area contributed by atoms with Crippen molar-refractivity contribution in [1.82, 2.24) is 6.15 Å². The van der Waals surface area contributed by atoms with Crippen LogP contribution in [0.3, 0.4) is 0 Å². The van der Waals surface area contributed by atoms with E-state index in [1.54, 1.807) is 26.0 Å². The van der Waals surface area contributed by atoms with Gasteiger partial charge in [0, 0.05) is 51.4 Å². The summed E-state index contributed by atoms with van der Waals surface area (Å²) in [5, 5.41) is 0. The van der Waals surface area contributed by atoms with Crippen molar-refractivity contribution >= 4 is 61.5 Å². The number of rotatable bonds is 1. The molecule has 0 aliphatic carbocycles. The second kappa shape index (κ2) is 6.34. The van der Waals surface area contributed by atoms with Gasteiger partial charge in [-0.1, -0.05) is 12.1 Å². The average molecular weight is 242 g/mol. The van der Waals surface area contributed by atoms with E-state index in [9.17, 15) is 8.42 Å². The van der Waals surface area contributed by atoms with Crippen LogP contribution in [-0.4, -0.2) is 64.4 Å². The minimum absolute atomic E-state index is 0. The summed E-state index contributed by atoms with van der Waals surface area (Å²) in [5.74, 6) is 0. The molecule has 0 saturated heterocycles. The SMILES string of the molecule is Cc1cccc(S(=O)(=O)O)c1C.N.[K]. The van der Waals surface area contributed by atoms with Crippen molar-refractivity contribution in [2.45, 2.75) is 18.7 Å². The predicted octanol–water partition coefficient (Wildman–Crippen LogP) is 1.33. The van der Waals surface area contributed by atoms with Gasteiger partial charge in [0.1, 0.15) is 0 Å². The number of benzene rings is 1. The molecule has 0 aromatic heterocycles. The zero-order valence-corrected chi connectivity index (χ0v) is 12.6. The largest absolute Gasteiger partial charge is 0.344 e. The maximum atomic E-state index is 10.8. The molecule has 0 saturated carbocycles. The molecule has 0 aliphatic rings. The Hall–Kier alpha value is 0.726. The normalized spacial score (nSPS) is 9.93. The molecule has 0 unspecified atom stereocenters. The summed E-state index contributed by atoms with van der Waals surface area (Å²) < 4.78 is 30.3. The van der Waals surface area contributed by atoms with Crippen LogP contribution in [0, 0.1) is 13.8 Å². The van der Waals surface area contributed by atoms with E-state index in [0.717, 1.165) is 5.56 Å². The van der Waals surface area contributed by atoms with Gasteiger partial charge in [0.05, 0.1) is 4.90 Å². The van der Waals surface area contributed by atoms with E-state index in [0.29, 0.717) is 5.56 Å². The second-order valence-corrected chi connectivity index (χ2v) is 4.06. The molecule has 75 valence electrons. The monoisotopic (exact) mass is 242 g/mol. The third-order valence-electron chi connectivity index (χ3n) is 1.83. The summed E-state index contributed by atoms with van der Waals surface area (Å²) in [5.41, 5.74) is 1.45. The Morgan fingerprint density at radius 3 is 2.07 bits per heavy atom. The molecular formula is C8H13KNO3S. The minimum Gasteiger partial charge on any atom is -0.344 e. The zero-order valence-electron chi connectivity index (χ0n) is 8.61. The summed E-state index contributed by atoms with van der Waals surface area (Å²) in [6.45, 7) is 3.46. The van der Waals surface area contributed by atoms with Crippen molar-refractivity contribution < 1.29 is 13.0 Å². The van der Waals surface area contributed by atoms with Gasteiger partial charge in [-0.05, 0) is 31.0 Å². The molecular weight excluding hydrogens is 229 g/mol. The van der Waals surface area contributed by atoms with Crippen LogP contribution in [-0.2, 0) is 10.1 Å². The van der Waals surface area contributed by atoms with Crippen molar-refractivity contribution in [3.8, 4) is 0 Å². The summed E-state index contributed by atoms with van der Waals surface area (Å²) in [6, 6.07) is 4.78. The van der Waals surface area contributed by atoms with Crippen LogP contribution in [0.4, 0.5) is 0 Å². The third-order valence-corrected chi connectivity index (χ3v) is 2.83. The second-order valence-electron chi connectivity index (χ2n) is 2.67. The van der Waals surface area contributed by atoms with Crippen LogP contribution in [0.5, 0.6) is 0 Å². The Kier molecular flexibility index (Phi) is 7.76. The van der Waals surface area contributed by atoms with Gasteiger partial charge in [-0.2, -0.15) is 8.42 Å². The molecule has 1 rings (SSSR count). The van der Waals surface area contributed by atoms with E-state index < -0.39 is 10.1 Å². The average Bonchev–Trinajstić information content (AvgIpc) is 1.92. The molecule has 0 bridgehead atoms. The molecule has 1 aromatic carbocycles. The topological polar surface area (TPSA) is 89.4 Å². The molecule has 4 nitrogen and oxygen atoms in total. The minimum atomic E-state index is -4.06. The van der Waals surface area contributed by atoms with Gasteiger partial charge < -0.3 is 6.15 Å². The van der Waals surface area contributed by atoms with E-state index in [-0.39, 0.29) is 62.4 Å². The summed E-state index contributed by atoms with van der Waals surface area (Å²) in [6.07, 6.45) is 0. The number of hydrogen-bond acceptors (Lipinski definition) is 3. The van der Waals surface area contributed by atoms with E-state index in [1.165, 1.54) is 6.07 Å². The fraction of sp³-hybridized carbons (Fsp3) is 0.250. The van der Waals surface area contributed by atoms with E-state index in [4.69, 9.17) is 4.55 Å². The van der Waals surface area contributed by atoms with E-state index >= 15 is 0 Å². The van der Waals surface area contributed by atoms with Gasteiger partial charge >= 0.3 is 0 Å². The molecule has 0 heterocycles.